The van der Waals surface area contributed by atoms with E-state index in [1.807, 2.05) is 30.4 Å². The Morgan fingerprint density at radius 3 is 2.79 bits per heavy atom. The lowest BCUT2D eigenvalue weighted by Crippen LogP contribution is -2.49. The number of rotatable bonds is 8. The lowest BCUT2D eigenvalue weighted by Gasteiger charge is -2.37. The van der Waals surface area contributed by atoms with E-state index in [0.29, 0.717) is 12.1 Å². The van der Waals surface area contributed by atoms with Crippen LogP contribution < -0.4 is 10.6 Å². The summed E-state index contributed by atoms with van der Waals surface area (Å²) < 4.78 is 1.15. The van der Waals surface area contributed by atoms with E-state index < -0.39 is 0 Å². The highest BCUT2D eigenvalue weighted by Gasteiger charge is 2.23. The molecule has 2 aromatic rings. The Morgan fingerprint density at radius 2 is 2.11 bits per heavy atom. The van der Waals surface area contributed by atoms with Gasteiger partial charge in [0.15, 0.2) is 5.96 Å². The number of nitrogens with one attached hydrogen (secondary N) is 2. The topological polar surface area (TPSA) is 52.6 Å². The summed E-state index contributed by atoms with van der Waals surface area (Å²) >= 11 is 3.53. The van der Waals surface area contributed by atoms with Crippen molar-refractivity contribution in [3.63, 3.8) is 0 Å². The minimum absolute atomic E-state index is 0.481. The molecule has 2 heterocycles. The quantitative estimate of drug-likeness (QED) is 0.294. The lowest BCUT2D eigenvalue weighted by atomic mass is 10.0. The van der Waals surface area contributed by atoms with Crippen LogP contribution in [0.15, 0.2) is 51.2 Å². The van der Waals surface area contributed by atoms with E-state index in [2.05, 4.69) is 62.8 Å². The molecule has 5 nitrogen and oxygen atoms in total. The van der Waals surface area contributed by atoms with E-state index in [4.69, 9.17) is 0 Å². The molecule has 1 fully saturated rings. The summed E-state index contributed by atoms with van der Waals surface area (Å²) in [7, 11) is 1.85. The van der Waals surface area contributed by atoms with Crippen LogP contribution in [-0.4, -0.2) is 54.3 Å². The molecule has 1 atom stereocenters. The molecule has 3 rings (SSSR count). The molecule has 0 bridgehead atoms. The molecule has 2 N–H and O–H groups in total. The van der Waals surface area contributed by atoms with Gasteiger partial charge in [0.25, 0.3) is 0 Å². The molecule has 1 saturated heterocycles. The van der Waals surface area contributed by atoms with Crippen molar-refractivity contribution in [3.05, 3.63) is 47.5 Å². The predicted octanol–water partition coefficient (Wildman–Crippen LogP) is 4.02. The minimum Gasteiger partial charge on any atom is -0.356 e. The maximum absolute atomic E-state index is 4.40. The summed E-state index contributed by atoms with van der Waals surface area (Å²) in [6.07, 6.45) is 5.26. The summed E-state index contributed by atoms with van der Waals surface area (Å²) in [5.41, 5.74) is 1.40. The Bertz CT molecular complexity index is 697. The van der Waals surface area contributed by atoms with Crippen molar-refractivity contribution < 1.29 is 0 Å². The van der Waals surface area contributed by atoms with Crippen molar-refractivity contribution in [2.45, 2.75) is 42.6 Å². The van der Waals surface area contributed by atoms with Gasteiger partial charge in [-0.3, -0.25) is 9.89 Å². The monoisotopic (exact) mass is 417 g/mol. The Kier molecular flexibility index (Phi) is 8.64. The molecule has 0 spiro atoms. The van der Waals surface area contributed by atoms with Gasteiger partial charge in [0.2, 0.25) is 0 Å². The number of aliphatic imine (C=N–C) groups is 1. The Hall–Kier alpha value is -1.57. The van der Waals surface area contributed by atoms with Crippen LogP contribution >= 0.6 is 23.1 Å². The van der Waals surface area contributed by atoms with Crippen LogP contribution in [0, 0.1) is 0 Å². The molecule has 0 aliphatic carbocycles. The Labute approximate surface area is 177 Å². The summed E-state index contributed by atoms with van der Waals surface area (Å²) in [5.74, 6) is 2.00. The highest BCUT2D eigenvalue weighted by molar-refractivity contribution is 8.00. The molecule has 1 aliphatic rings. The molecular formula is C21H31N5S2. The van der Waals surface area contributed by atoms with E-state index in [0.717, 1.165) is 54.9 Å². The molecule has 7 heteroatoms. The van der Waals surface area contributed by atoms with Crippen LogP contribution in [0.25, 0.3) is 0 Å². The van der Waals surface area contributed by atoms with E-state index in [9.17, 15) is 0 Å². The highest BCUT2D eigenvalue weighted by atomic mass is 32.2. The summed E-state index contributed by atoms with van der Waals surface area (Å²) in [5, 5.41) is 9.08. The minimum atomic E-state index is 0.481. The van der Waals surface area contributed by atoms with E-state index >= 15 is 0 Å². The van der Waals surface area contributed by atoms with Gasteiger partial charge in [-0.15, -0.1) is 11.3 Å². The number of piperidine rings is 1. The molecule has 1 aliphatic heterocycles. The molecule has 0 saturated carbocycles. The van der Waals surface area contributed by atoms with Gasteiger partial charge >= 0.3 is 0 Å². The summed E-state index contributed by atoms with van der Waals surface area (Å²) in [6, 6.07) is 11.8. The Morgan fingerprint density at radius 1 is 1.32 bits per heavy atom. The third-order valence-corrected chi connectivity index (χ3v) is 7.22. The normalized spacial score (nSPS) is 17.4. The van der Waals surface area contributed by atoms with E-state index in [1.165, 1.54) is 5.56 Å². The van der Waals surface area contributed by atoms with Gasteiger partial charge < -0.3 is 10.6 Å². The van der Waals surface area contributed by atoms with Gasteiger partial charge in [-0.25, -0.2) is 4.98 Å². The fourth-order valence-electron chi connectivity index (χ4n) is 3.48. The van der Waals surface area contributed by atoms with Crippen LogP contribution in [0.3, 0.4) is 0 Å². The first-order chi connectivity index (χ1) is 13.8. The molecule has 0 radical (unpaired) electrons. The number of guanidine groups is 1. The van der Waals surface area contributed by atoms with Crippen molar-refractivity contribution in [1.82, 2.24) is 20.5 Å². The zero-order valence-electron chi connectivity index (χ0n) is 16.8. The maximum Gasteiger partial charge on any atom is 0.191 e. The number of likely N-dealkylation sites (tertiary alicyclic amines) is 1. The fraction of sp³-hybridized carbons (Fsp3) is 0.524. The van der Waals surface area contributed by atoms with Gasteiger partial charge in [-0.1, -0.05) is 42.1 Å². The first kappa shape index (κ1) is 21.1. The SMILES string of the molecule is CN=C(NCCCSc1nccs1)NC1CCN(C(C)c2ccccc2)CC1. The van der Waals surface area contributed by atoms with Gasteiger partial charge in [-0.2, -0.15) is 0 Å². The van der Waals surface area contributed by atoms with E-state index in [1.54, 1.807) is 11.3 Å². The summed E-state index contributed by atoms with van der Waals surface area (Å²) in [4.78, 5) is 11.3. The number of hydrogen-bond acceptors (Lipinski definition) is 5. The second-order valence-electron chi connectivity index (χ2n) is 7.04. The second-order valence-corrected chi connectivity index (χ2v) is 9.28. The standard InChI is InChI=1S/C21H31N5S2/c1-17(18-7-4-3-5-8-18)26-13-9-19(10-14-26)25-20(22-2)23-11-6-15-27-21-24-12-16-28-21/h3-5,7-8,12,16-17,19H,6,9-11,13-15H2,1-2H3,(H2,22,23,25). The second kappa shape index (κ2) is 11.4. The largest absolute Gasteiger partial charge is 0.356 e. The number of aromatic nitrogens is 1. The van der Waals surface area contributed by atoms with Gasteiger partial charge in [0, 0.05) is 56.1 Å². The van der Waals surface area contributed by atoms with Crippen molar-refractivity contribution in [3.8, 4) is 0 Å². The highest BCUT2D eigenvalue weighted by Crippen LogP contribution is 2.24. The fourth-order valence-corrected chi connectivity index (χ4v) is 5.13. The molecule has 28 heavy (non-hydrogen) atoms. The average Bonchev–Trinajstić information content (AvgIpc) is 3.27. The third kappa shape index (κ3) is 6.50. The zero-order valence-corrected chi connectivity index (χ0v) is 18.4. The lowest BCUT2D eigenvalue weighted by molar-refractivity contribution is 0.158. The van der Waals surface area contributed by atoms with Crippen LogP contribution in [0.2, 0.25) is 0 Å². The smallest absolute Gasteiger partial charge is 0.191 e. The van der Waals surface area contributed by atoms with Crippen molar-refractivity contribution in [2.75, 3.05) is 32.4 Å². The average molecular weight is 418 g/mol. The molecule has 152 valence electrons. The van der Waals surface area contributed by atoms with Gasteiger partial charge in [-0.05, 0) is 31.7 Å². The molecule has 0 amide bonds. The van der Waals surface area contributed by atoms with Crippen LogP contribution in [0.5, 0.6) is 0 Å². The molecule has 1 aromatic heterocycles. The summed E-state index contributed by atoms with van der Waals surface area (Å²) in [6.45, 7) is 5.49. The van der Waals surface area contributed by atoms with Crippen molar-refractivity contribution >= 4 is 29.1 Å². The van der Waals surface area contributed by atoms with Gasteiger partial charge in [0.05, 0.1) is 0 Å². The number of benzene rings is 1. The predicted molar refractivity (Wildman–Crippen MR) is 121 cm³/mol. The first-order valence-corrected chi connectivity index (χ1v) is 11.9. The number of nitrogens with zero attached hydrogens (tertiary/aromatic N) is 3. The van der Waals surface area contributed by atoms with Gasteiger partial charge in [0.1, 0.15) is 4.34 Å². The third-order valence-electron chi connectivity index (χ3n) is 5.17. The number of hydrogen-bond donors (Lipinski definition) is 2. The molecule has 1 aromatic carbocycles. The first-order valence-electron chi connectivity index (χ1n) is 10.0. The Balaban J connectivity index is 1.33. The molecular weight excluding hydrogens is 386 g/mol. The maximum atomic E-state index is 4.40. The van der Waals surface area contributed by atoms with Crippen molar-refractivity contribution in [1.29, 1.82) is 0 Å². The van der Waals surface area contributed by atoms with Crippen LogP contribution in [-0.2, 0) is 0 Å². The zero-order chi connectivity index (χ0) is 19.6. The van der Waals surface area contributed by atoms with Crippen LogP contribution in [0.4, 0.5) is 0 Å². The van der Waals surface area contributed by atoms with Crippen molar-refractivity contribution in [2.24, 2.45) is 4.99 Å². The number of thiazole rings is 1. The van der Waals surface area contributed by atoms with E-state index in [-0.39, 0.29) is 0 Å². The van der Waals surface area contributed by atoms with Crippen LogP contribution in [0.1, 0.15) is 37.8 Å². The number of thioether (sulfide) groups is 1. The molecule has 1 unspecified atom stereocenters.